The molecule has 1 N–H and O–H groups in total. The van der Waals surface area contributed by atoms with Crippen molar-refractivity contribution in [3.05, 3.63) is 119 Å². The van der Waals surface area contributed by atoms with Crippen LogP contribution < -0.4 is 5.32 Å². The van der Waals surface area contributed by atoms with Gasteiger partial charge in [0.05, 0.1) is 6.61 Å². The molecule has 0 unspecified atom stereocenters. The summed E-state index contributed by atoms with van der Waals surface area (Å²) in [7, 11) is 0. The van der Waals surface area contributed by atoms with Crippen LogP contribution in [0.1, 0.15) is 36.5 Å². The lowest BCUT2D eigenvalue weighted by molar-refractivity contribution is 0.154. The number of rotatable bonds is 5. The van der Waals surface area contributed by atoms with Crippen LogP contribution in [0.3, 0.4) is 0 Å². The Morgan fingerprint density at radius 2 is 1.15 bits per heavy atom. The smallest absolute Gasteiger partial charge is 0.186 e. The lowest BCUT2D eigenvalue weighted by atomic mass is 9.77. The lowest BCUT2D eigenvalue weighted by Gasteiger charge is -2.39. The summed E-state index contributed by atoms with van der Waals surface area (Å²) in [5.74, 6) is 0.901. The third-order valence-corrected chi connectivity index (χ3v) is 5.25. The third-order valence-electron chi connectivity index (χ3n) is 5.25. The van der Waals surface area contributed by atoms with Crippen LogP contribution in [0.15, 0.2) is 102 Å². The maximum absolute atomic E-state index is 6.08. The molecule has 0 saturated carbocycles. The van der Waals surface area contributed by atoms with Crippen molar-refractivity contribution in [2.45, 2.75) is 25.3 Å². The van der Waals surface area contributed by atoms with E-state index < -0.39 is 5.54 Å². The Hall–Kier alpha value is -3.00. The van der Waals surface area contributed by atoms with Crippen molar-refractivity contribution in [1.82, 2.24) is 5.32 Å². The van der Waals surface area contributed by atoms with E-state index in [2.05, 4.69) is 103 Å². The second-order valence-electron chi connectivity index (χ2n) is 7.03. The quantitative estimate of drug-likeness (QED) is 0.601. The maximum atomic E-state index is 6.08. The molecular weight excluding hydrogens is 330 g/mol. The van der Waals surface area contributed by atoms with Crippen molar-refractivity contribution in [1.29, 1.82) is 0 Å². The van der Waals surface area contributed by atoms with E-state index in [-0.39, 0.29) is 0 Å². The largest absolute Gasteiger partial charge is 0.479 e. The van der Waals surface area contributed by atoms with Gasteiger partial charge in [0.2, 0.25) is 0 Å². The SMILES string of the molecule is CC1=C(NC(c2ccccc2)(c2ccccc2)c2ccccc2)OCCC1. The van der Waals surface area contributed by atoms with Gasteiger partial charge in [0.15, 0.2) is 5.88 Å². The average molecular weight is 355 g/mol. The summed E-state index contributed by atoms with van der Waals surface area (Å²) in [6.45, 7) is 2.92. The Kier molecular flexibility index (Phi) is 4.97. The van der Waals surface area contributed by atoms with Gasteiger partial charge in [0.1, 0.15) is 5.54 Å². The molecule has 3 aromatic carbocycles. The highest BCUT2D eigenvalue weighted by Gasteiger charge is 2.37. The number of allylic oxidation sites excluding steroid dienone is 1. The number of nitrogens with one attached hydrogen (secondary N) is 1. The summed E-state index contributed by atoms with van der Waals surface area (Å²) in [6, 6.07) is 31.9. The first-order valence-corrected chi connectivity index (χ1v) is 9.58. The fourth-order valence-electron chi connectivity index (χ4n) is 3.84. The van der Waals surface area contributed by atoms with E-state index in [1.54, 1.807) is 0 Å². The molecule has 0 saturated heterocycles. The molecule has 4 rings (SSSR count). The number of hydrogen-bond donors (Lipinski definition) is 1. The molecule has 0 spiro atoms. The van der Waals surface area contributed by atoms with Crippen LogP contribution in [0.5, 0.6) is 0 Å². The van der Waals surface area contributed by atoms with E-state index in [0.717, 1.165) is 25.3 Å². The van der Waals surface area contributed by atoms with Crippen molar-refractivity contribution >= 4 is 0 Å². The molecule has 0 bridgehead atoms. The first-order valence-electron chi connectivity index (χ1n) is 9.58. The maximum Gasteiger partial charge on any atom is 0.186 e. The summed E-state index contributed by atoms with van der Waals surface area (Å²) >= 11 is 0. The van der Waals surface area contributed by atoms with Crippen LogP contribution in [0, 0.1) is 0 Å². The molecule has 3 aromatic rings. The standard InChI is InChI=1S/C25H25NO/c1-20-12-11-19-27-24(20)26-25(21-13-5-2-6-14-21,22-15-7-3-8-16-22)23-17-9-4-10-18-23/h2-10,13-18,26H,11-12,19H2,1H3. The minimum absolute atomic E-state index is 0.516. The van der Waals surface area contributed by atoms with E-state index in [9.17, 15) is 0 Å². The molecule has 0 atom stereocenters. The number of ether oxygens (including phenoxy) is 1. The fraction of sp³-hybridized carbons (Fsp3) is 0.200. The van der Waals surface area contributed by atoms with Gasteiger partial charge < -0.3 is 10.1 Å². The summed E-state index contributed by atoms with van der Waals surface area (Å²) in [6.07, 6.45) is 2.14. The highest BCUT2D eigenvalue weighted by Crippen LogP contribution is 2.38. The van der Waals surface area contributed by atoms with Crippen LogP contribution in [0.25, 0.3) is 0 Å². The molecule has 2 nitrogen and oxygen atoms in total. The average Bonchev–Trinajstić information content (AvgIpc) is 2.75. The first kappa shape index (κ1) is 17.4. The second kappa shape index (κ2) is 7.71. The van der Waals surface area contributed by atoms with Crippen molar-refractivity contribution < 1.29 is 4.74 Å². The van der Waals surface area contributed by atoms with E-state index in [1.165, 1.54) is 22.3 Å². The van der Waals surface area contributed by atoms with E-state index in [4.69, 9.17) is 4.74 Å². The normalized spacial score (nSPS) is 14.6. The van der Waals surface area contributed by atoms with Crippen molar-refractivity contribution in [3.63, 3.8) is 0 Å². The Morgan fingerprint density at radius 1 is 0.704 bits per heavy atom. The van der Waals surface area contributed by atoms with Gasteiger partial charge in [0.25, 0.3) is 0 Å². The van der Waals surface area contributed by atoms with Crippen LogP contribution in [0.2, 0.25) is 0 Å². The summed E-state index contributed by atoms with van der Waals surface area (Å²) in [5, 5.41) is 3.83. The van der Waals surface area contributed by atoms with Crippen LogP contribution >= 0.6 is 0 Å². The zero-order valence-corrected chi connectivity index (χ0v) is 15.7. The topological polar surface area (TPSA) is 21.3 Å². The van der Waals surface area contributed by atoms with E-state index >= 15 is 0 Å². The minimum Gasteiger partial charge on any atom is -0.479 e. The van der Waals surface area contributed by atoms with E-state index in [0.29, 0.717) is 0 Å². The van der Waals surface area contributed by atoms with Gasteiger partial charge in [-0.05, 0) is 42.0 Å². The van der Waals surface area contributed by atoms with Gasteiger partial charge in [-0.2, -0.15) is 0 Å². The predicted molar refractivity (Wildman–Crippen MR) is 110 cm³/mol. The number of hydrogen-bond acceptors (Lipinski definition) is 2. The summed E-state index contributed by atoms with van der Waals surface area (Å²) in [4.78, 5) is 0. The van der Waals surface area contributed by atoms with Crippen LogP contribution in [-0.2, 0) is 10.3 Å². The second-order valence-corrected chi connectivity index (χ2v) is 7.03. The lowest BCUT2D eigenvalue weighted by Crippen LogP contribution is -2.45. The van der Waals surface area contributed by atoms with Crippen molar-refractivity contribution in [2.24, 2.45) is 0 Å². The Balaban J connectivity index is 1.97. The van der Waals surface area contributed by atoms with E-state index in [1.807, 2.05) is 0 Å². The molecule has 1 heterocycles. The zero-order chi connectivity index (χ0) is 18.5. The Morgan fingerprint density at radius 3 is 1.56 bits per heavy atom. The molecule has 0 aromatic heterocycles. The minimum atomic E-state index is -0.516. The van der Waals surface area contributed by atoms with Gasteiger partial charge in [-0.15, -0.1) is 0 Å². The highest BCUT2D eigenvalue weighted by molar-refractivity contribution is 5.50. The fourth-order valence-corrected chi connectivity index (χ4v) is 3.84. The van der Waals surface area contributed by atoms with Crippen LogP contribution in [0.4, 0.5) is 0 Å². The molecule has 27 heavy (non-hydrogen) atoms. The molecule has 0 amide bonds. The predicted octanol–water partition coefficient (Wildman–Crippen LogP) is 5.61. The monoisotopic (exact) mass is 355 g/mol. The Bertz CT molecular complexity index is 804. The van der Waals surface area contributed by atoms with Crippen LogP contribution in [-0.4, -0.2) is 6.61 Å². The molecule has 1 aliphatic rings. The molecule has 1 aliphatic heterocycles. The van der Waals surface area contributed by atoms with Crippen molar-refractivity contribution in [2.75, 3.05) is 6.61 Å². The van der Waals surface area contributed by atoms with Gasteiger partial charge >= 0.3 is 0 Å². The van der Waals surface area contributed by atoms with Gasteiger partial charge in [0, 0.05) is 0 Å². The van der Waals surface area contributed by atoms with Gasteiger partial charge in [-0.25, -0.2) is 0 Å². The molecule has 136 valence electrons. The Labute approximate surface area is 161 Å². The summed E-state index contributed by atoms with van der Waals surface area (Å²) in [5.41, 5.74) is 4.33. The zero-order valence-electron chi connectivity index (χ0n) is 15.7. The molecule has 0 fully saturated rings. The number of benzene rings is 3. The molecular formula is C25H25NO. The van der Waals surface area contributed by atoms with Gasteiger partial charge in [-0.1, -0.05) is 91.0 Å². The molecule has 0 aliphatic carbocycles. The first-order chi connectivity index (χ1) is 13.3. The highest BCUT2D eigenvalue weighted by atomic mass is 16.5. The molecule has 2 heteroatoms. The summed E-state index contributed by atoms with van der Waals surface area (Å²) < 4.78 is 6.08. The third kappa shape index (κ3) is 3.35. The van der Waals surface area contributed by atoms with Gasteiger partial charge in [-0.3, -0.25) is 0 Å². The van der Waals surface area contributed by atoms with Crippen molar-refractivity contribution in [3.8, 4) is 0 Å². The molecule has 0 radical (unpaired) electrons.